The van der Waals surface area contributed by atoms with Gasteiger partial charge in [-0.25, -0.2) is 0 Å². The second-order valence-corrected chi connectivity index (χ2v) is 3.80. The summed E-state index contributed by atoms with van der Waals surface area (Å²) in [7, 11) is 0. The van der Waals surface area contributed by atoms with E-state index < -0.39 is 0 Å². The lowest BCUT2D eigenvalue weighted by molar-refractivity contribution is 0.474. The maximum atomic E-state index is 9.62. The number of para-hydroxylation sites is 2. The lowest BCUT2D eigenvalue weighted by atomic mass is 10.1. The average molecular weight is 225 g/mol. The second-order valence-electron chi connectivity index (χ2n) is 3.80. The zero-order valence-corrected chi connectivity index (χ0v) is 9.80. The average Bonchev–Trinajstić information content (AvgIpc) is 2.38. The first kappa shape index (κ1) is 11.4. The van der Waals surface area contributed by atoms with Crippen molar-refractivity contribution in [1.82, 2.24) is 0 Å². The van der Waals surface area contributed by atoms with Crippen LogP contribution in [0.25, 0.3) is 0 Å². The van der Waals surface area contributed by atoms with Gasteiger partial charge in [0.25, 0.3) is 0 Å². The monoisotopic (exact) mass is 225 g/mol. The fourth-order valence-corrected chi connectivity index (χ4v) is 1.67. The van der Waals surface area contributed by atoms with E-state index in [0.29, 0.717) is 0 Å². The molecule has 0 fully saturated rings. The summed E-state index contributed by atoms with van der Waals surface area (Å²) in [5.74, 6) is 0.255. The van der Waals surface area contributed by atoms with Gasteiger partial charge in [0.15, 0.2) is 0 Å². The molecule has 0 spiro atoms. The molecule has 0 saturated carbocycles. The van der Waals surface area contributed by atoms with Gasteiger partial charge in [-0.2, -0.15) is 0 Å². The maximum Gasteiger partial charge on any atom is 0.124 e. The van der Waals surface area contributed by atoms with Crippen molar-refractivity contribution >= 4 is 11.9 Å². The van der Waals surface area contributed by atoms with Crippen molar-refractivity contribution in [1.29, 1.82) is 0 Å². The van der Waals surface area contributed by atoms with Crippen molar-refractivity contribution in [2.45, 2.75) is 13.3 Å². The standard InChI is InChI=1S/C15H15NO/c1-2-12-7-3-5-9-14(12)16-11-13-8-4-6-10-15(13)17/h3-11,17H,2H2,1H3. The molecular weight excluding hydrogens is 210 g/mol. The lowest BCUT2D eigenvalue weighted by Gasteiger charge is -2.02. The summed E-state index contributed by atoms with van der Waals surface area (Å²) in [6.07, 6.45) is 2.65. The van der Waals surface area contributed by atoms with Crippen molar-refractivity contribution in [2.24, 2.45) is 4.99 Å². The molecule has 0 saturated heterocycles. The number of hydrogen-bond donors (Lipinski definition) is 1. The molecule has 2 heteroatoms. The Bertz CT molecular complexity index is 532. The summed E-state index contributed by atoms with van der Waals surface area (Å²) < 4.78 is 0. The Kier molecular flexibility index (Phi) is 3.55. The highest BCUT2D eigenvalue weighted by atomic mass is 16.3. The van der Waals surface area contributed by atoms with E-state index in [1.165, 1.54) is 5.56 Å². The van der Waals surface area contributed by atoms with Gasteiger partial charge in [0, 0.05) is 11.8 Å². The van der Waals surface area contributed by atoms with Gasteiger partial charge in [-0.05, 0) is 30.2 Å². The Balaban J connectivity index is 2.29. The Hall–Kier alpha value is -2.09. The van der Waals surface area contributed by atoms with Crippen LogP contribution in [0, 0.1) is 0 Å². The molecule has 2 rings (SSSR count). The van der Waals surface area contributed by atoms with E-state index in [9.17, 15) is 5.11 Å². The molecule has 0 amide bonds. The highest BCUT2D eigenvalue weighted by Crippen LogP contribution is 2.20. The minimum atomic E-state index is 0.255. The van der Waals surface area contributed by atoms with Crippen LogP contribution < -0.4 is 0 Å². The van der Waals surface area contributed by atoms with E-state index in [0.717, 1.165) is 17.7 Å². The first-order valence-electron chi connectivity index (χ1n) is 5.71. The number of benzene rings is 2. The summed E-state index contributed by atoms with van der Waals surface area (Å²) >= 11 is 0. The first-order valence-corrected chi connectivity index (χ1v) is 5.71. The number of nitrogens with zero attached hydrogens (tertiary/aromatic N) is 1. The fraction of sp³-hybridized carbons (Fsp3) is 0.133. The molecule has 0 aliphatic rings. The number of rotatable bonds is 3. The number of aliphatic imine (C=N–C) groups is 1. The van der Waals surface area contributed by atoms with Crippen LogP contribution in [0.4, 0.5) is 5.69 Å². The minimum absolute atomic E-state index is 0.255. The van der Waals surface area contributed by atoms with Gasteiger partial charge in [-0.1, -0.05) is 37.3 Å². The van der Waals surface area contributed by atoms with E-state index in [4.69, 9.17) is 0 Å². The van der Waals surface area contributed by atoms with E-state index in [-0.39, 0.29) is 5.75 Å². The van der Waals surface area contributed by atoms with Crippen molar-refractivity contribution in [2.75, 3.05) is 0 Å². The predicted molar refractivity (Wildman–Crippen MR) is 71.2 cm³/mol. The zero-order chi connectivity index (χ0) is 12.1. The Morgan fingerprint density at radius 2 is 1.76 bits per heavy atom. The van der Waals surface area contributed by atoms with Crippen molar-refractivity contribution < 1.29 is 5.11 Å². The molecule has 2 aromatic carbocycles. The largest absolute Gasteiger partial charge is 0.507 e. The molecule has 0 aromatic heterocycles. The zero-order valence-electron chi connectivity index (χ0n) is 9.80. The van der Waals surface area contributed by atoms with Crippen molar-refractivity contribution in [3.05, 3.63) is 59.7 Å². The van der Waals surface area contributed by atoms with Gasteiger partial charge in [0.1, 0.15) is 5.75 Å². The lowest BCUT2D eigenvalue weighted by Crippen LogP contribution is -1.83. The topological polar surface area (TPSA) is 32.6 Å². The number of aryl methyl sites for hydroxylation is 1. The Labute approximate surface area is 101 Å². The molecule has 2 nitrogen and oxygen atoms in total. The van der Waals surface area contributed by atoms with Crippen molar-refractivity contribution in [3.63, 3.8) is 0 Å². The predicted octanol–water partition coefficient (Wildman–Crippen LogP) is 3.71. The van der Waals surface area contributed by atoms with Crippen LogP contribution in [0.3, 0.4) is 0 Å². The summed E-state index contributed by atoms with van der Waals surface area (Å²) in [5.41, 5.74) is 2.90. The molecule has 0 atom stereocenters. The van der Waals surface area contributed by atoms with E-state index >= 15 is 0 Å². The maximum absolute atomic E-state index is 9.62. The van der Waals surface area contributed by atoms with Crippen LogP contribution >= 0.6 is 0 Å². The van der Waals surface area contributed by atoms with Crippen LogP contribution in [0.5, 0.6) is 5.75 Å². The van der Waals surface area contributed by atoms with Gasteiger partial charge in [-0.15, -0.1) is 0 Å². The normalized spacial score (nSPS) is 10.9. The van der Waals surface area contributed by atoms with Gasteiger partial charge < -0.3 is 5.11 Å². The summed E-state index contributed by atoms with van der Waals surface area (Å²) in [4.78, 5) is 4.42. The first-order chi connectivity index (χ1) is 8.31. The van der Waals surface area contributed by atoms with Crippen LogP contribution in [0.15, 0.2) is 53.5 Å². The SMILES string of the molecule is CCc1ccccc1N=Cc1ccccc1O. The quantitative estimate of drug-likeness (QED) is 0.793. The Morgan fingerprint density at radius 1 is 1.06 bits per heavy atom. The second kappa shape index (κ2) is 5.30. The van der Waals surface area contributed by atoms with Crippen molar-refractivity contribution in [3.8, 4) is 5.75 Å². The molecule has 0 aliphatic heterocycles. The third-order valence-corrected chi connectivity index (χ3v) is 2.65. The summed E-state index contributed by atoms with van der Waals surface area (Å²) in [5, 5.41) is 9.62. The number of phenols is 1. The molecule has 0 unspecified atom stereocenters. The molecule has 0 bridgehead atoms. The van der Waals surface area contributed by atoms with Crippen LogP contribution in [0.2, 0.25) is 0 Å². The van der Waals surface area contributed by atoms with Gasteiger partial charge in [-0.3, -0.25) is 4.99 Å². The van der Waals surface area contributed by atoms with Gasteiger partial charge >= 0.3 is 0 Å². The highest BCUT2D eigenvalue weighted by molar-refractivity contribution is 5.85. The third kappa shape index (κ3) is 2.72. The van der Waals surface area contributed by atoms with Crippen LogP contribution in [-0.2, 0) is 6.42 Å². The third-order valence-electron chi connectivity index (χ3n) is 2.65. The molecule has 2 aromatic rings. The number of phenolic OH excluding ortho intramolecular Hbond substituents is 1. The Morgan fingerprint density at radius 3 is 2.53 bits per heavy atom. The van der Waals surface area contributed by atoms with E-state index in [1.807, 2.05) is 30.3 Å². The number of aromatic hydroxyl groups is 1. The summed E-state index contributed by atoms with van der Waals surface area (Å²) in [6, 6.07) is 15.2. The van der Waals surface area contributed by atoms with E-state index in [2.05, 4.69) is 18.0 Å². The smallest absolute Gasteiger partial charge is 0.124 e. The molecular formula is C15H15NO. The fourth-order valence-electron chi connectivity index (χ4n) is 1.67. The molecule has 0 aliphatic carbocycles. The molecule has 0 radical (unpaired) electrons. The summed E-state index contributed by atoms with van der Waals surface area (Å²) in [6.45, 7) is 2.11. The molecule has 0 heterocycles. The van der Waals surface area contributed by atoms with Crippen LogP contribution in [0.1, 0.15) is 18.1 Å². The molecule has 86 valence electrons. The van der Waals surface area contributed by atoms with E-state index in [1.54, 1.807) is 18.3 Å². The molecule has 17 heavy (non-hydrogen) atoms. The highest BCUT2D eigenvalue weighted by Gasteiger charge is 1.98. The minimum Gasteiger partial charge on any atom is -0.507 e. The number of hydrogen-bond acceptors (Lipinski definition) is 2. The van der Waals surface area contributed by atoms with Gasteiger partial charge in [0.2, 0.25) is 0 Å². The van der Waals surface area contributed by atoms with Gasteiger partial charge in [0.05, 0.1) is 5.69 Å². The van der Waals surface area contributed by atoms with Crippen LogP contribution in [-0.4, -0.2) is 11.3 Å². The molecule has 1 N–H and O–H groups in total.